The van der Waals surface area contributed by atoms with Gasteiger partial charge in [0.15, 0.2) is 11.6 Å². The molecule has 0 spiro atoms. The van der Waals surface area contributed by atoms with Crippen LogP contribution in [0, 0.1) is 0 Å². The Morgan fingerprint density at radius 1 is 1.36 bits per heavy atom. The third kappa shape index (κ3) is 2.25. The maximum absolute atomic E-state index is 9.50. The second-order valence-corrected chi connectivity index (χ2v) is 2.53. The number of halogens is 1. The molecule has 1 heterocycles. The molecule has 0 saturated carbocycles. The average molecular weight is 221 g/mol. The second kappa shape index (κ2) is 5.64. The third-order valence-corrected chi connectivity index (χ3v) is 1.81. The minimum Gasteiger partial charge on any atom is -0.504 e. The van der Waals surface area contributed by atoms with Crippen LogP contribution in [0.5, 0.6) is 5.75 Å². The van der Waals surface area contributed by atoms with Crippen LogP contribution < -0.4 is 5.32 Å². The van der Waals surface area contributed by atoms with Gasteiger partial charge in [0.2, 0.25) is 0 Å². The highest BCUT2D eigenvalue weighted by molar-refractivity contribution is 5.85. The van der Waals surface area contributed by atoms with Crippen molar-refractivity contribution in [2.75, 3.05) is 12.4 Å². The fraction of sp³-hybridized carbons (Fsp3) is 0.375. The van der Waals surface area contributed by atoms with Crippen molar-refractivity contribution in [3.63, 3.8) is 0 Å². The van der Waals surface area contributed by atoms with Crippen LogP contribution >= 0.6 is 12.4 Å². The van der Waals surface area contributed by atoms with Crippen LogP contribution in [-0.2, 0) is 13.2 Å². The minimum absolute atomic E-state index is 0. The number of aliphatic hydroxyl groups excluding tert-OH is 2. The molecule has 0 aliphatic carbocycles. The highest BCUT2D eigenvalue weighted by Gasteiger charge is 2.11. The van der Waals surface area contributed by atoms with E-state index in [-0.39, 0.29) is 31.4 Å². The van der Waals surface area contributed by atoms with Gasteiger partial charge < -0.3 is 20.6 Å². The Hall–Kier alpha value is -1.04. The summed E-state index contributed by atoms with van der Waals surface area (Å²) in [7, 11) is 1.61. The number of aromatic nitrogens is 1. The molecule has 0 atom stereocenters. The van der Waals surface area contributed by atoms with Gasteiger partial charge in [0.1, 0.15) is 0 Å². The topological polar surface area (TPSA) is 85.6 Å². The summed E-state index contributed by atoms with van der Waals surface area (Å²) in [5, 5.41) is 30.0. The van der Waals surface area contributed by atoms with Crippen molar-refractivity contribution in [3.8, 4) is 5.75 Å². The molecule has 0 saturated heterocycles. The van der Waals surface area contributed by atoms with E-state index < -0.39 is 0 Å². The molecule has 0 fully saturated rings. The molecule has 0 unspecified atom stereocenters. The van der Waals surface area contributed by atoms with Gasteiger partial charge in [-0.25, -0.2) is 4.98 Å². The van der Waals surface area contributed by atoms with E-state index >= 15 is 0 Å². The minimum atomic E-state index is -0.321. The number of rotatable bonds is 3. The number of anilines is 1. The maximum atomic E-state index is 9.50. The van der Waals surface area contributed by atoms with E-state index in [1.54, 1.807) is 7.05 Å². The lowest BCUT2D eigenvalue weighted by molar-refractivity contribution is 0.254. The molecule has 1 rings (SSSR count). The van der Waals surface area contributed by atoms with Gasteiger partial charge in [0, 0.05) is 24.4 Å². The van der Waals surface area contributed by atoms with Crippen LogP contribution in [-0.4, -0.2) is 27.4 Å². The molecule has 0 bridgehead atoms. The molecule has 4 N–H and O–H groups in total. The molecule has 0 amide bonds. The number of hydrogen-bond donors (Lipinski definition) is 4. The molecule has 1 aromatic rings. The van der Waals surface area contributed by atoms with Gasteiger partial charge in [-0.2, -0.15) is 0 Å². The van der Waals surface area contributed by atoms with Crippen molar-refractivity contribution in [1.29, 1.82) is 0 Å². The molecule has 0 aromatic carbocycles. The smallest absolute Gasteiger partial charge is 0.168 e. The van der Waals surface area contributed by atoms with Crippen molar-refractivity contribution in [1.82, 2.24) is 4.98 Å². The van der Waals surface area contributed by atoms with Crippen LogP contribution in [0.4, 0.5) is 5.82 Å². The van der Waals surface area contributed by atoms with Crippen LogP contribution in [0.25, 0.3) is 0 Å². The molecule has 80 valence electrons. The van der Waals surface area contributed by atoms with Gasteiger partial charge in [-0.3, -0.25) is 0 Å². The first kappa shape index (κ1) is 13.0. The van der Waals surface area contributed by atoms with E-state index in [1.165, 1.54) is 6.20 Å². The lowest BCUT2D eigenvalue weighted by Crippen LogP contribution is -2.01. The van der Waals surface area contributed by atoms with Gasteiger partial charge in [0.25, 0.3) is 0 Å². The van der Waals surface area contributed by atoms with Gasteiger partial charge in [-0.15, -0.1) is 12.4 Å². The summed E-state index contributed by atoms with van der Waals surface area (Å²) in [5.74, 6) is 0.179. The summed E-state index contributed by atoms with van der Waals surface area (Å²) in [6.45, 7) is -0.570. The van der Waals surface area contributed by atoms with Crippen LogP contribution in [0.1, 0.15) is 11.1 Å². The fourth-order valence-corrected chi connectivity index (χ4v) is 1.07. The molecule has 0 aliphatic rings. The molecule has 0 aliphatic heterocycles. The third-order valence-electron chi connectivity index (χ3n) is 1.81. The van der Waals surface area contributed by atoms with Gasteiger partial charge in [-0.1, -0.05) is 0 Å². The van der Waals surface area contributed by atoms with Crippen molar-refractivity contribution < 1.29 is 15.3 Å². The van der Waals surface area contributed by atoms with Crippen molar-refractivity contribution in [2.45, 2.75) is 13.2 Å². The summed E-state index contributed by atoms with van der Waals surface area (Å²) >= 11 is 0. The summed E-state index contributed by atoms with van der Waals surface area (Å²) < 4.78 is 0. The highest BCUT2D eigenvalue weighted by atomic mass is 35.5. The first-order valence-corrected chi connectivity index (χ1v) is 3.83. The number of aromatic hydroxyl groups is 1. The zero-order valence-electron chi connectivity index (χ0n) is 7.69. The largest absolute Gasteiger partial charge is 0.504 e. The van der Waals surface area contributed by atoms with Gasteiger partial charge in [0.05, 0.1) is 13.2 Å². The zero-order chi connectivity index (χ0) is 9.84. The molecule has 6 heteroatoms. The Morgan fingerprint density at radius 3 is 2.43 bits per heavy atom. The Balaban J connectivity index is 0.00000169. The maximum Gasteiger partial charge on any atom is 0.168 e. The normalized spacial score (nSPS) is 9.36. The van der Waals surface area contributed by atoms with Crippen molar-refractivity contribution in [2.24, 2.45) is 0 Å². The molecular formula is C8H13ClN2O3. The van der Waals surface area contributed by atoms with Gasteiger partial charge in [-0.05, 0) is 0 Å². The monoisotopic (exact) mass is 220 g/mol. The lowest BCUT2D eigenvalue weighted by Gasteiger charge is -2.09. The van der Waals surface area contributed by atoms with E-state index in [2.05, 4.69) is 10.3 Å². The van der Waals surface area contributed by atoms with Crippen molar-refractivity contribution in [3.05, 3.63) is 17.3 Å². The predicted octanol–water partition coefficient (Wildman–Crippen LogP) is 0.235. The Morgan fingerprint density at radius 2 is 2.00 bits per heavy atom. The number of hydrogen-bond acceptors (Lipinski definition) is 5. The van der Waals surface area contributed by atoms with E-state index in [9.17, 15) is 5.11 Å². The average Bonchev–Trinajstić information content (AvgIpc) is 2.17. The lowest BCUT2D eigenvalue weighted by atomic mass is 10.1. The predicted molar refractivity (Wildman–Crippen MR) is 54.5 cm³/mol. The summed E-state index contributed by atoms with van der Waals surface area (Å²) in [6.07, 6.45) is 1.41. The molecule has 1 aromatic heterocycles. The number of nitrogens with one attached hydrogen (secondary N) is 1. The molecular weight excluding hydrogens is 208 g/mol. The molecule has 5 nitrogen and oxygen atoms in total. The van der Waals surface area contributed by atoms with E-state index in [0.29, 0.717) is 16.9 Å². The SMILES string of the molecule is CNc1ncc(CO)c(CO)c1O.Cl. The van der Waals surface area contributed by atoms with Crippen LogP contribution in [0.2, 0.25) is 0 Å². The van der Waals surface area contributed by atoms with Crippen molar-refractivity contribution >= 4 is 18.2 Å². The Bertz CT molecular complexity index is 307. The Labute approximate surface area is 87.8 Å². The highest BCUT2D eigenvalue weighted by Crippen LogP contribution is 2.27. The summed E-state index contributed by atoms with van der Waals surface area (Å²) in [5.41, 5.74) is 0.737. The number of nitrogens with zero attached hydrogens (tertiary/aromatic N) is 1. The molecule has 0 radical (unpaired) electrons. The van der Waals surface area contributed by atoms with Crippen LogP contribution in [0.15, 0.2) is 6.20 Å². The first-order valence-electron chi connectivity index (χ1n) is 3.83. The number of aliphatic hydroxyl groups is 2. The van der Waals surface area contributed by atoms with E-state index in [0.717, 1.165) is 0 Å². The van der Waals surface area contributed by atoms with E-state index in [4.69, 9.17) is 10.2 Å². The summed E-state index contributed by atoms with van der Waals surface area (Å²) in [6, 6.07) is 0. The first-order chi connectivity index (χ1) is 6.24. The number of pyridine rings is 1. The quantitative estimate of drug-likeness (QED) is 0.586. The van der Waals surface area contributed by atoms with E-state index in [1.807, 2.05) is 0 Å². The summed E-state index contributed by atoms with van der Waals surface area (Å²) in [4.78, 5) is 3.84. The van der Waals surface area contributed by atoms with Crippen LogP contribution in [0.3, 0.4) is 0 Å². The zero-order valence-corrected chi connectivity index (χ0v) is 8.51. The second-order valence-electron chi connectivity index (χ2n) is 2.53. The molecule has 14 heavy (non-hydrogen) atoms. The standard InChI is InChI=1S/C8H12N2O3.ClH/c1-9-8-7(13)6(4-12)5(3-11)2-10-8;/h2,11-13H,3-4H2,1H3,(H,9,10);1H. The Kier molecular flexibility index (Phi) is 5.22. The van der Waals surface area contributed by atoms with Gasteiger partial charge >= 0.3 is 0 Å². The fourth-order valence-electron chi connectivity index (χ4n) is 1.07.